The van der Waals surface area contributed by atoms with Crippen LogP contribution in [0.2, 0.25) is 0 Å². The Morgan fingerprint density at radius 3 is 2.45 bits per heavy atom. The van der Waals surface area contributed by atoms with Crippen molar-refractivity contribution in [3.63, 3.8) is 0 Å². The van der Waals surface area contributed by atoms with Crippen LogP contribution >= 0.6 is 0 Å². The Kier molecular flexibility index (Phi) is 4.95. The van der Waals surface area contributed by atoms with E-state index in [4.69, 9.17) is 9.15 Å². The summed E-state index contributed by atoms with van der Waals surface area (Å²) in [6.07, 6.45) is 3.42. The summed E-state index contributed by atoms with van der Waals surface area (Å²) in [5, 5.41) is 2.20. The van der Waals surface area contributed by atoms with Crippen LogP contribution in [0.3, 0.4) is 0 Å². The van der Waals surface area contributed by atoms with E-state index in [2.05, 4.69) is 14.9 Å². The lowest BCUT2D eigenvalue weighted by molar-refractivity contribution is -0.133. The molecule has 8 nitrogen and oxygen atoms in total. The number of anilines is 1. The lowest BCUT2D eigenvalue weighted by atomic mass is 10.1. The Hall–Kier alpha value is -3.94. The molecule has 5 rings (SSSR count). The van der Waals surface area contributed by atoms with E-state index in [1.165, 1.54) is 0 Å². The maximum atomic E-state index is 12.6. The molecule has 156 valence electrons. The minimum Gasteiger partial charge on any atom is -0.484 e. The molecule has 0 aliphatic carbocycles. The maximum Gasteiger partial charge on any atom is 0.344 e. The van der Waals surface area contributed by atoms with Crippen molar-refractivity contribution >= 4 is 33.6 Å². The summed E-state index contributed by atoms with van der Waals surface area (Å²) in [5.41, 5.74) is 0.0433. The number of carbonyl (C=O) groups is 1. The van der Waals surface area contributed by atoms with Gasteiger partial charge in [0.25, 0.3) is 5.91 Å². The van der Waals surface area contributed by atoms with E-state index >= 15 is 0 Å². The molecule has 1 amide bonds. The molecule has 1 aliphatic heterocycles. The van der Waals surface area contributed by atoms with Crippen LogP contribution in [0.1, 0.15) is 0 Å². The molecular weight excluding hydrogens is 396 g/mol. The highest BCUT2D eigenvalue weighted by atomic mass is 16.5. The fourth-order valence-corrected chi connectivity index (χ4v) is 3.80. The molecule has 1 aliphatic rings. The van der Waals surface area contributed by atoms with Gasteiger partial charge in [0, 0.05) is 50.0 Å². The van der Waals surface area contributed by atoms with Crippen molar-refractivity contribution < 1.29 is 13.9 Å². The molecule has 1 fully saturated rings. The third-order valence-electron chi connectivity index (χ3n) is 5.42. The Labute approximate surface area is 177 Å². The van der Waals surface area contributed by atoms with Gasteiger partial charge in [-0.25, -0.2) is 14.8 Å². The number of fused-ring (bicyclic) bond motifs is 3. The largest absolute Gasteiger partial charge is 0.484 e. The maximum absolute atomic E-state index is 12.6. The molecule has 0 radical (unpaired) electrons. The SMILES string of the molecule is O=C(COc1ccc2c(c1)oc(=O)c1ccccc12)N1CCN(c2ncccn2)CC1. The van der Waals surface area contributed by atoms with Crippen LogP contribution in [0.5, 0.6) is 5.75 Å². The smallest absolute Gasteiger partial charge is 0.344 e. The zero-order chi connectivity index (χ0) is 21.2. The van der Waals surface area contributed by atoms with Crippen LogP contribution in [0, 0.1) is 0 Å². The monoisotopic (exact) mass is 416 g/mol. The fourth-order valence-electron chi connectivity index (χ4n) is 3.80. The first-order valence-electron chi connectivity index (χ1n) is 10.1. The number of rotatable bonds is 4. The van der Waals surface area contributed by atoms with Crippen LogP contribution in [0.25, 0.3) is 21.7 Å². The molecule has 0 bridgehead atoms. The minimum atomic E-state index is -0.392. The molecule has 31 heavy (non-hydrogen) atoms. The summed E-state index contributed by atoms with van der Waals surface area (Å²) in [7, 11) is 0. The second kappa shape index (κ2) is 8.06. The number of benzene rings is 2. The second-order valence-corrected chi connectivity index (χ2v) is 7.30. The molecule has 0 spiro atoms. The minimum absolute atomic E-state index is 0.0782. The quantitative estimate of drug-likeness (QED) is 0.373. The van der Waals surface area contributed by atoms with Gasteiger partial charge in [0.05, 0.1) is 5.39 Å². The van der Waals surface area contributed by atoms with E-state index < -0.39 is 5.63 Å². The zero-order valence-corrected chi connectivity index (χ0v) is 16.7. The van der Waals surface area contributed by atoms with Crippen LogP contribution in [-0.4, -0.2) is 53.6 Å². The number of aromatic nitrogens is 2. The standard InChI is InChI=1S/C23H20N4O4/c28-21(26-10-12-27(13-11-26)23-24-8-3-9-25-23)15-30-16-6-7-18-17-4-1-2-5-19(17)22(29)31-20(18)14-16/h1-9,14H,10-13,15H2. The predicted molar refractivity (Wildman–Crippen MR) is 116 cm³/mol. The highest BCUT2D eigenvalue weighted by Crippen LogP contribution is 2.26. The number of nitrogens with zero attached hydrogens (tertiary/aromatic N) is 4. The second-order valence-electron chi connectivity index (χ2n) is 7.30. The summed E-state index contributed by atoms with van der Waals surface area (Å²) < 4.78 is 11.1. The van der Waals surface area contributed by atoms with Gasteiger partial charge >= 0.3 is 5.63 Å². The van der Waals surface area contributed by atoms with Gasteiger partial charge in [0.15, 0.2) is 6.61 Å². The van der Waals surface area contributed by atoms with Crippen LogP contribution < -0.4 is 15.3 Å². The number of amides is 1. The number of hydrogen-bond acceptors (Lipinski definition) is 7. The van der Waals surface area contributed by atoms with E-state index in [-0.39, 0.29) is 12.5 Å². The van der Waals surface area contributed by atoms with Gasteiger partial charge in [-0.05, 0) is 29.7 Å². The summed E-state index contributed by atoms with van der Waals surface area (Å²) >= 11 is 0. The molecule has 0 saturated carbocycles. The molecule has 0 atom stereocenters. The third kappa shape index (κ3) is 3.79. The van der Waals surface area contributed by atoms with Gasteiger partial charge in [0.1, 0.15) is 11.3 Å². The highest BCUT2D eigenvalue weighted by Gasteiger charge is 2.22. The van der Waals surface area contributed by atoms with Crippen molar-refractivity contribution in [3.05, 3.63) is 71.3 Å². The Morgan fingerprint density at radius 2 is 1.68 bits per heavy atom. The molecule has 0 unspecified atom stereocenters. The predicted octanol–water partition coefficient (Wildman–Crippen LogP) is 2.46. The van der Waals surface area contributed by atoms with E-state index in [1.54, 1.807) is 47.6 Å². The summed E-state index contributed by atoms with van der Waals surface area (Å²) in [5.74, 6) is 1.07. The normalized spacial score (nSPS) is 14.2. The van der Waals surface area contributed by atoms with Gasteiger partial charge in [-0.3, -0.25) is 4.79 Å². The molecule has 4 aromatic rings. The fraction of sp³-hybridized carbons (Fsp3) is 0.217. The summed E-state index contributed by atoms with van der Waals surface area (Å²) in [6, 6.07) is 14.4. The van der Waals surface area contributed by atoms with Crippen molar-refractivity contribution in [1.82, 2.24) is 14.9 Å². The van der Waals surface area contributed by atoms with Gasteiger partial charge in [-0.1, -0.05) is 18.2 Å². The molecule has 0 N–H and O–H groups in total. The Balaban J connectivity index is 1.24. The van der Waals surface area contributed by atoms with Gasteiger partial charge in [0.2, 0.25) is 5.95 Å². The Bertz CT molecular complexity index is 1300. The molecule has 3 heterocycles. The first kappa shape index (κ1) is 19.0. The average Bonchev–Trinajstić information content (AvgIpc) is 2.83. The van der Waals surface area contributed by atoms with Crippen molar-refractivity contribution in [2.45, 2.75) is 0 Å². The molecule has 8 heteroatoms. The average molecular weight is 416 g/mol. The van der Waals surface area contributed by atoms with Crippen molar-refractivity contribution in [2.24, 2.45) is 0 Å². The number of ether oxygens (including phenoxy) is 1. The summed E-state index contributed by atoms with van der Waals surface area (Å²) in [4.78, 5) is 37.1. The topological polar surface area (TPSA) is 88.8 Å². The molecule has 2 aromatic carbocycles. The van der Waals surface area contributed by atoms with E-state index in [9.17, 15) is 9.59 Å². The van der Waals surface area contributed by atoms with Gasteiger partial charge in [-0.15, -0.1) is 0 Å². The van der Waals surface area contributed by atoms with Crippen molar-refractivity contribution in [1.29, 1.82) is 0 Å². The van der Waals surface area contributed by atoms with Gasteiger partial charge in [-0.2, -0.15) is 0 Å². The van der Waals surface area contributed by atoms with Crippen molar-refractivity contribution in [3.8, 4) is 5.75 Å². The lowest BCUT2D eigenvalue weighted by Crippen LogP contribution is -2.50. The molecule has 2 aromatic heterocycles. The van der Waals surface area contributed by atoms with Crippen LogP contribution in [0.15, 0.2) is 70.1 Å². The number of piperazine rings is 1. The lowest BCUT2D eigenvalue weighted by Gasteiger charge is -2.34. The molecular formula is C23H20N4O4. The van der Waals surface area contributed by atoms with Crippen molar-refractivity contribution in [2.75, 3.05) is 37.7 Å². The Morgan fingerprint density at radius 1 is 0.935 bits per heavy atom. The van der Waals surface area contributed by atoms with Gasteiger partial charge < -0.3 is 19.0 Å². The highest BCUT2D eigenvalue weighted by molar-refractivity contribution is 6.04. The van der Waals surface area contributed by atoms with E-state index in [0.29, 0.717) is 48.8 Å². The number of hydrogen-bond donors (Lipinski definition) is 0. The summed E-state index contributed by atoms with van der Waals surface area (Å²) in [6.45, 7) is 2.43. The zero-order valence-electron chi connectivity index (χ0n) is 16.7. The third-order valence-corrected chi connectivity index (χ3v) is 5.42. The first-order chi connectivity index (χ1) is 15.2. The van der Waals surface area contributed by atoms with Crippen LogP contribution in [0.4, 0.5) is 5.95 Å². The first-order valence-corrected chi connectivity index (χ1v) is 10.1. The molecule has 1 saturated heterocycles. The van der Waals surface area contributed by atoms with E-state index in [0.717, 1.165) is 10.8 Å². The number of carbonyl (C=O) groups excluding carboxylic acids is 1. The van der Waals surface area contributed by atoms with Crippen LogP contribution in [-0.2, 0) is 4.79 Å². The van der Waals surface area contributed by atoms with E-state index in [1.807, 2.05) is 18.2 Å².